The molecule has 0 spiro atoms. The quantitative estimate of drug-likeness (QED) is 0.844. The fourth-order valence-corrected chi connectivity index (χ4v) is 3.14. The number of hydrogen-bond donors (Lipinski definition) is 1. The summed E-state index contributed by atoms with van der Waals surface area (Å²) in [5.74, 6) is 1.17. The number of halogens is 2. The highest BCUT2D eigenvalue weighted by molar-refractivity contribution is 9.10. The monoisotopic (exact) mass is 291 g/mol. The molecule has 0 aromatic heterocycles. The first-order chi connectivity index (χ1) is 6.66. The zero-order valence-corrected chi connectivity index (χ0v) is 10.9. The van der Waals surface area contributed by atoms with Crippen molar-refractivity contribution in [2.45, 2.75) is 18.3 Å². The van der Waals surface area contributed by atoms with Gasteiger partial charge in [0, 0.05) is 16.3 Å². The first kappa shape index (κ1) is 10.8. The first-order valence-electron chi connectivity index (χ1n) is 4.49. The molecule has 1 aromatic rings. The van der Waals surface area contributed by atoms with E-state index in [4.69, 9.17) is 11.6 Å². The molecule has 0 bridgehead atoms. The van der Waals surface area contributed by atoms with Crippen LogP contribution in [0.1, 0.15) is 17.9 Å². The predicted molar refractivity (Wildman–Crippen MR) is 66.9 cm³/mol. The van der Waals surface area contributed by atoms with Crippen LogP contribution in [-0.2, 0) is 0 Å². The van der Waals surface area contributed by atoms with E-state index in [1.54, 1.807) is 0 Å². The Labute approximate surface area is 102 Å². The van der Waals surface area contributed by atoms with Crippen molar-refractivity contribution in [1.29, 1.82) is 0 Å². The summed E-state index contributed by atoms with van der Waals surface area (Å²) in [6.07, 6.45) is 0. The van der Waals surface area contributed by atoms with E-state index in [9.17, 15) is 0 Å². The Morgan fingerprint density at radius 1 is 1.57 bits per heavy atom. The topological polar surface area (TPSA) is 12.0 Å². The van der Waals surface area contributed by atoms with Gasteiger partial charge in [0.2, 0.25) is 0 Å². The van der Waals surface area contributed by atoms with Gasteiger partial charge in [-0.2, -0.15) is 0 Å². The van der Waals surface area contributed by atoms with Crippen LogP contribution in [0.2, 0.25) is 5.02 Å². The average molecular weight is 293 g/mol. The lowest BCUT2D eigenvalue weighted by Crippen LogP contribution is -2.21. The fraction of sp³-hybridized carbons (Fsp3) is 0.400. The van der Waals surface area contributed by atoms with E-state index in [0.29, 0.717) is 11.4 Å². The molecule has 0 radical (unpaired) electrons. The maximum absolute atomic E-state index is 6.04. The summed E-state index contributed by atoms with van der Waals surface area (Å²) in [5.41, 5.74) is 1.26. The maximum atomic E-state index is 6.04. The second kappa shape index (κ2) is 4.44. The molecular weight excluding hydrogens is 282 g/mol. The van der Waals surface area contributed by atoms with Gasteiger partial charge in [-0.15, -0.1) is 11.8 Å². The molecule has 14 heavy (non-hydrogen) atoms. The standard InChI is InChI=1S/C10H11BrClNS/c1-6-5-14-10(13-6)7-2-3-8(11)9(12)4-7/h2-4,6,10,13H,5H2,1H3. The van der Waals surface area contributed by atoms with E-state index in [1.165, 1.54) is 11.3 Å². The van der Waals surface area contributed by atoms with Gasteiger partial charge in [-0.25, -0.2) is 0 Å². The minimum atomic E-state index is 0.399. The SMILES string of the molecule is CC1CSC(c2ccc(Br)c(Cl)c2)N1. The van der Waals surface area contributed by atoms with Crippen LogP contribution in [0.5, 0.6) is 0 Å². The lowest BCUT2D eigenvalue weighted by Gasteiger charge is -2.11. The van der Waals surface area contributed by atoms with Crippen molar-refractivity contribution < 1.29 is 0 Å². The van der Waals surface area contributed by atoms with Gasteiger partial charge in [0.1, 0.15) is 0 Å². The average Bonchev–Trinajstić information content (AvgIpc) is 2.57. The third kappa shape index (κ3) is 2.27. The molecule has 1 N–H and O–H groups in total. The molecule has 4 heteroatoms. The Balaban J connectivity index is 2.20. The van der Waals surface area contributed by atoms with Crippen molar-refractivity contribution in [3.8, 4) is 0 Å². The van der Waals surface area contributed by atoms with Gasteiger partial charge in [-0.3, -0.25) is 5.32 Å². The van der Waals surface area contributed by atoms with Crippen molar-refractivity contribution in [3.05, 3.63) is 33.3 Å². The molecule has 1 saturated heterocycles. The molecule has 1 heterocycles. The number of rotatable bonds is 1. The lowest BCUT2D eigenvalue weighted by atomic mass is 10.2. The van der Waals surface area contributed by atoms with Crippen LogP contribution < -0.4 is 5.32 Å². The van der Waals surface area contributed by atoms with Crippen molar-refractivity contribution in [2.24, 2.45) is 0 Å². The summed E-state index contributed by atoms with van der Waals surface area (Å²) in [4.78, 5) is 0. The van der Waals surface area contributed by atoms with Crippen LogP contribution >= 0.6 is 39.3 Å². The van der Waals surface area contributed by atoms with E-state index >= 15 is 0 Å². The van der Waals surface area contributed by atoms with E-state index in [0.717, 1.165) is 9.50 Å². The molecule has 1 fully saturated rings. The lowest BCUT2D eigenvalue weighted by molar-refractivity contribution is 0.618. The smallest absolute Gasteiger partial charge is 0.0792 e. The Bertz CT molecular complexity index is 345. The Kier molecular flexibility index (Phi) is 3.42. The highest BCUT2D eigenvalue weighted by Gasteiger charge is 2.22. The Morgan fingerprint density at radius 2 is 2.36 bits per heavy atom. The van der Waals surface area contributed by atoms with Gasteiger partial charge in [-0.1, -0.05) is 17.7 Å². The molecule has 2 atom stereocenters. The van der Waals surface area contributed by atoms with Crippen LogP contribution in [0.15, 0.2) is 22.7 Å². The molecule has 1 aromatic carbocycles. The van der Waals surface area contributed by atoms with Crippen LogP contribution in [0, 0.1) is 0 Å². The Hall–Kier alpha value is 0.300. The van der Waals surface area contributed by atoms with Crippen LogP contribution in [0.25, 0.3) is 0 Å². The summed E-state index contributed by atoms with van der Waals surface area (Å²) < 4.78 is 0.957. The van der Waals surface area contributed by atoms with Crippen molar-refractivity contribution in [3.63, 3.8) is 0 Å². The van der Waals surface area contributed by atoms with Crippen molar-refractivity contribution in [1.82, 2.24) is 5.32 Å². The summed E-state index contributed by atoms with van der Waals surface area (Å²) in [5, 5.41) is 4.69. The number of nitrogens with one attached hydrogen (secondary N) is 1. The Morgan fingerprint density at radius 3 is 2.93 bits per heavy atom. The molecule has 1 nitrogen and oxygen atoms in total. The molecule has 0 saturated carbocycles. The van der Waals surface area contributed by atoms with Crippen LogP contribution in [0.4, 0.5) is 0 Å². The molecule has 2 unspecified atom stereocenters. The van der Waals surface area contributed by atoms with Crippen LogP contribution in [0.3, 0.4) is 0 Å². The second-order valence-corrected chi connectivity index (χ2v) is 5.85. The predicted octanol–water partition coefficient (Wildman–Crippen LogP) is 3.83. The molecule has 0 amide bonds. The van der Waals surface area contributed by atoms with Crippen LogP contribution in [-0.4, -0.2) is 11.8 Å². The molecule has 1 aliphatic heterocycles. The van der Waals surface area contributed by atoms with Crippen molar-refractivity contribution >= 4 is 39.3 Å². The van der Waals surface area contributed by atoms with Gasteiger partial charge in [-0.05, 0) is 40.5 Å². The molecule has 0 aliphatic carbocycles. The number of thioether (sulfide) groups is 1. The van der Waals surface area contributed by atoms with Gasteiger partial charge >= 0.3 is 0 Å². The number of hydrogen-bond acceptors (Lipinski definition) is 2. The third-order valence-electron chi connectivity index (χ3n) is 2.20. The van der Waals surface area contributed by atoms with Gasteiger partial charge < -0.3 is 0 Å². The third-order valence-corrected chi connectivity index (χ3v) is 4.86. The van der Waals surface area contributed by atoms with Gasteiger partial charge in [0.15, 0.2) is 0 Å². The molecular formula is C10H11BrClNS. The minimum absolute atomic E-state index is 0.399. The largest absolute Gasteiger partial charge is 0.298 e. The molecule has 76 valence electrons. The summed E-state index contributed by atoms with van der Waals surface area (Å²) in [7, 11) is 0. The normalized spacial score (nSPS) is 26.8. The van der Waals surface area contributed by atoms with E-state index in [1.807, 2.05) is 23.9 Å². The first-order valence-corrected chi connectivity index (χ1v) is 6.71. The maximum Gasteiger partial charge on any atom is 0.0792 e. The fourth-order valence-electron chi connectivity index (χ4n) is 1.46. The number of benzene rings is 1. The molecule has 1 aliphatic rings. The second-order valence-electron chi connectivity index (χ2n) is 3.45. The minimum Gasteiger partial charge on any atom is -0.298 e. The van der Waals surface area contributed by atoms with E-state index in [2.05, 4.69) is 34.2 Å². The highest BCUT2D eigenvalue weighted by atomic mass is 79.9. The summed E-state index contributed by atoms with van der Waals surface area (Å²) in [6, 6.07) is 6.73. The van der Waals surface area contributed by atoms with Gasteiger partial charge in [0.05, 0.1) is 10.4 Å². The zero-order valence-electron chi connectivity index (χ0n) is 7.76. The van der Waals surface area contributed by atoms with Gasteiger partial charge in [0.25, 0.3) is 0 Å². The highest BCUT2D eigenvalue weighted by Crippen LogP contribution is 2.35. The zero-order chi connectivity index (χ0) is 10.1. The summed E-state index contributed by atoms with van der Waals surface area (Å²) in [6.45, 7) is 2.20. The van der Waals surface area contributed by atoms with E-state index in [-0.39, 0.29) is 0 Å². The van der Waals surface area contributed by atoms with E-state index < -0.39 is 0 Å². The van der Waals surface area contributed by atoms with Crippen molar-refractivity contribution in [2.75, 3.05) is 5.75 Å². The summed E-state index contributed by atoms with van der Waals surface area (Å²) >= 11 is 11.4. The molecule has 2 rings (SSSR count).